The maximum absolute atomic E-state index is 9.25. The molecular formula is H6N5O6P3S3. The van der Waals surface area contributed by atoms with Crippen LogP contribution in [-0.4, -0.2) is 0 Å². The fourth-order valence-corrected chi connectivity index (χ4v) is 0. The minimum absolute atomic E-state index is 0. The molecule has 0 fully saturated rings. The summed E-state index contributed by atoms with van der Waals surface area (Å²) in [6, 6.07) is 0. The van der Waals surface area contributed by atoms with E-state index >= 15 is 0 Å². The van der Waals surface area contributed by atoms with Gasteiger partial charge in [-0.1, -0.05) is 0 Å². The molecule has 0 saturated heterocycles. The van der Waals surface area contributed by atoms with Crippen molar-refractivity contribution in [2.24, 2.45) is 16.5 Å². The van der Waals surface area contributed by atoms with E-state index in [9.17, 15) is 29.4 Å². The number of hydrogen-bond donors (Lipinski definition) is 3. The van der Waals surface area contributed by atoms with Gasteiger partial charge in [-0.25, -0.2) is 0 Å². The lowest BCUT2D eigenvalue weighted by Crippen LogP contribution is -2.20. The highest BCUT2D eigenvalue weighted by molar-refractivity contribution is 8.07. The van der Waals surface area contributed by atoms with Crippen molar-refractivity contribution in [2.45, 2.75) is 0 Å². The van der Waals surface area contributed by atoms with Crippen molar-refractivity contribution in [3.05, 3.63) is 0 Å². The number of nitrogens with two attached hydrogens (primary N) is 3. The van der Waals surface area contributed by atoms with Gasteiger partial charge in [0.2, 0.25) is 0 Å². The number of hydrogen-bond acceptors (Lipinski definition) is 9. The molecule has 0 aliphatic rings. The summed E-state index contributed by atoms with van der Waals surface area (Å²) >= 11 is 10.8. The van der Waals surface area contributed by atoms with Crippen LogP contribution in [0.15, 0.2) is 0 Å². The molecule has 6 N–H and O–H groups in total. The first-order chi connectivity index (χ1) is 6.00. The van der Waals surface area contributed by atoms with E-state index in [0.29, 0.717) is 0 Å². The zero-order valence-corrected chi connectivity index (χ0v) is 12.8. The molecule has 0 aliphatic carbocycles. The van der Waals surface area contributed by atoms with Crippen LogP contribution in [0.25, 0.3) is 0 Å². The van der Waals surface area contributed by atoms with Crippen molar-refractivity contribution in [1.29, 1.82) is 0 Å². The monoisotopic (exact) mass is 361 g/mol. The molecule has 17 heteroatoms. The molecule has 100 valence electrons. The van der Waals surface area contributed by atoms with Gasteiger partial charge in [0.25, 0.3) is 0 Å². The fourth-order valence-electron chi connectivity index (χ4n) is 0. The van der Waals surface area contributed by atoms with Crippen LogP contribution in [0.3, 0.4) is 0 Å². The molecule has 0 unspecified atom stereocenters. The predicted molar refractivity (Wildman–Crippen MR) is 59.7 cm³/mol. The van der Waals surface area contributed by atoms with E-state index in [0.717, 1.165) is 0 Å². The molecule has 0 aromatic rings. The molecule has 0 atom stereocenters. The molecule has 0 amide bonds. The smallest absolute Gasteiger partial charge is 0.822 e. The summed E-state index contributed by atoms with van der Waals surface area (Å²) in [5.41, 5.74) is 12.5. The third-order valence-corrected chi connectivity index (χ3v) is 0. The third-order valence-electron chi connectivity index (χ3n) is 0. The Morgan fingerprint density at radius 3 is 0.529 bits per heavy atom. The lowest BCUT2D eigenvalue weighted by Gasteiger charge is -2.28. The van der Waals surface area contributed by atoms with Gasteiger partial charge < -0.3 is 45.9 Å². The Bertz CT molecular complexity index is 219. The zero-order chi connectivity index (χ0) is 13.5. The van der Waals surface area contributed by atoms with E-state index in [1.807, 2.05) is 0 Å². The topological polar surface area (TPSA) is 277 Å². The number of nitrogens with zero attached hydrogens (tertiary/aromatic N) is 2. The molecule has 0 aliphatic heterocycles. The Hall–Kier alpha value is 1.01. The first-order valence-corrected chi connectivity index (χ1v) is 10.5. The molecule has 17 heavy (non-hydrogen) atoms. The van der Waals surface area contributed by atoms with Crippen LogP contribution in [0.5, 0.6) is 0 Å². The summed E-state index contributed by atoms with van der Waals surface area (Å²) in [5, 5.41) is 0. The van der Waals surface area contributed by atoms with E-state index < -0.39 is 19.9 Å². The van der Waals surface area contributed by atoms with Gasteiger partial charge >= 0.3 is 12.3 Å². The van der Waals surface area contributed by atoms with Crippen LogP contribution in [0.1, 0.15) is 0 Å². The van der Waals surface area contributed by atoms with Gasteiger partial charge in [0.05, 0.1) is 0 Å². The highest BCUT2D eigenvalue weighted by atomic mass is 32.5. The minimum atomic E-state index is -3.81. The highest BCUT2D eigenvalue weighted by Crippen LogP contribution is 2.06. The van der Waals surface area contributed by atoms with Gasteiger partial charge in [-0.3, -0.25) is 0 Å². The Morgan fingerprint density at radius 2 is 0.529 bits per heavy atom. The van der Waals surface area contributed by atoms with Gasteiger partial charge in [0.1, 0.15) is 0 Å². The van der Waals surface area contributed by atoms with Gasteiger partial charge in [0, 0.05) is 0 Å². The highest BCUT2D eigenvalue weighted by Gasteiger charge is 3.00. The molecular weight excluding hydrogens is 355 g/mol. The lowest BCUT2D eigenvalue weighted by atomic mass is 13.9. The third kappa shape index (κ3) is 3760. The molecule has 0 bridgehead atoms. The summed E-state index contributed by atoms with van der Waals surface area (Å²) in [6.07, 6.45) is 0. The van der Waals surface area contributed by atoms with Gasteiger partial charge in [-0.05, 0) is 0 Å². The second-order valence-corrected chi connectivity index (χ2v) is 9.44. The van der Waals surface area contributed by atoms with Crippen molar-refractivity contribution in [2.75, 3.05) is 0 Å². The summed E-state index contributed by atoms with van der Waals surface area (Å²) < 4.78 is 0. The van der Waals surface area contributed by atoms with Crippen molar-refractivity contribution >= 4 is 55.3 Å². The molecule has 0 heterocycles. The SMILES string of the molecule is NP([O-])([O-])=S.NP([O-])([O-])=S.NP([O-])([O-])=S.[N+3].[N+3]. The standard InChI is InChI=1S/3H4NO2PS.2N/c3*1-4(2,3)5;;/h3*(H4,1,2,3,5);;/q;;;2*+3/p-6. The zero-order valence-electron chi connectivity index (χ0n) is 7.64. The number of rotatable bonds is 0. The molecule has 4 radical (unpaired) electrons. The summed E-state index contributed by atoms with van der Waals surface area (Å²) in [5.74, 6) is 0. The molecule has 0 spiro atoms. The Morgan fingerprint density at radius 1 is 0.529 bits per heavy atom. The molecule has 0 rings (SSSR count). The molecule has 11 nitrogen and oxygen atoms in total. The van der Waals surface area contributed by atoms with Crippen LogP contribution < -0.4 is 58.2 Å². The van der Waals surface area contributed by atoms with Crippen LogP contribution in [0, 0.1) is 0 Å². The first kappa shape index (κ1) is 30.8. The summed E-state index contributed by atoms with van der Waals surface area (Å²) in [7, 11) is 0. The van der Waals surface area contributed by atoms with Crippen molar-refractivity contribution in [3.63, 3.8) is 0 Å². The van der Waals surface area contributed by atoms with E-state index in [1.54, 1.807) is 0 Å². The van der Waals surface area contributed by atoms with E-state index in [2.05, 4.69) is 51.9 Å². The van der Waals surface area contributed by atoms with E-state index in [4.69, 9.17) is 0 Å². The summed E-state index contributed by atoms with van der Waals surface area (Å²) in [4.78, 5) is 55.5. The maximum atomic E-state index is 9.25. The maximum Gasteiger partial charge on any atom is 3.00 e. The minimum Gasteiger partial charge on any atom is -0.822 e. The average Bonchev–Trinajstić information content (AvgIpc) is 1.41. The van der Waals surface area contributed by atoms with Crippen LogP contribution >= 0.6 is 19.9 Å². The molecule has 0 saturated carbocycles. The van der Waals surface area contributed by atoms with Crippen molar-refractivity contribution in [3.8, 4) is 0 Å². The Balaban J connectivity index is -0.0000000400. The molecule has 0 aromatic carbocycles. The van der Waals surface area contributed by atoms with Crippen LogP contribution in [0.2, 0.25) is 0 Å². The average molecular weight is 361 g/mol. The van der Waals surface area contributed by atoms with Crippen LogP contribution in [0.4, 0.5) is 0 Å². The predicted octanol–water partition coefficient (Wildman–Crippen LogP) is -7.29. The quantitative estimate of drug-likeness (QED) is 0.339. The summed E-state index contributed by atoms with van der Waals surface area (Å²) in [6.45, 7) is -11.4. The second kappa shape index (κ2) is 12.1. The van der Waals surface area contributed by atoms with Gasteiger partial charge in [-0.15, -0.1) is 35.4 Å². The van der Waals surface area contributed by atoms with Crippen molar-refractivity contribution < 1.29 is 29.4 Å². The fraction of sp³-hybridized carbons (Fsp3) is 0. The first-order valence-electron chi connectivity index (χ1n) is 2.42. The Kier molecular flexibility index (Phi) is 21.8. The van der Waals surface area contributed by atoms with Gasteiger partial charge in [-0.2, -0.15) is 19.9 Å². The lowest BCUT2D eigenvalue weighted by molar-refractivity contribution is -0.296. The van der Waals surface area contributed by atoms with E-state index in [1.165, 1.54) is 0 Å². The van der Waals surface area contributed by atoms with Crippen molar-refractivity contribution in [1.82, 2.24) is 12.3 Å². The van der Waals surface area contributed by atoms with E-state index in [-0.39, 0.29) is 12.3 Å². The normalized spacial score (nSPS) is 10.4. The van der Waals surface area contributed by atoms with Crippen LogP contribution in [-0.2, 0) is 35.4 Å². The largest absolute Gasteiger partial charge is 3.00 e. The second-order valence-electron chi connectivity index (χ2n) is 1.62. The Labute approximate surface area is 113 Å². The molecule has 0 aromatic heterocycles. The van der Waals surface area contributed by atoms with Gasteiger partial charge in [0.15, 0.2) is 0 Å².